The van der Waals surface area contributed by atoms with Crippen LogP contribution in [-0.2, 0) is 7.05 Å². The lowest BCUT2D eigenvalue weighted by Gasteiger charge is -2.23. The number of fused-ring (bicyclic) bond motifs is 1. The van der Waals surface area contributed by atoms with Gasteiger partial charge in [0.15, 0.2) is 0 Å². The first kappa shape index (κ1) is 13.2. The summed E-state index contributed by atoms with van der Waals surface area (Å²) in [7, 11) is 1.78. The van der Waals surface area contributed by atoms with E-state index in [1.54, 1.807) is 17.7 Å². The maximum atomic E-state index is 12.0. The highest BCUT2D eigenvalue weighted by atomic mass is 16.3. The summed E-state index contributed by atoms with van der Waals surface area (Å²) in [5.74, 6) is 0. The highest BCUT2D eigenvalue weighted by Gasteiger charge is 2.30. The monoisotopic (exact) mass is 272 g/mol. The van der Waals surface area contributed by atoms with Crippen molar-refractivity contribution < 1.29 is 5.11 Å². The Labute approximate surface area is 118 Å². The maximum Gasteiger partial charge on any atom is 0.252 e. The van der Waals surface area contributed by atoms with E-state index in [-0.39, 0.29) is 5.56 Å². The molecule has 1 saturated carbocycles. The van der Waals surface area contributed by atoms with E-state index < -0.39 is 5.60 Å². The van der Waals surface area contributed by atoms with Gasteiger partial charge < -0.3 is 15.0 Å². The largest absolute Gasteiger partial charge is 0.388 e. The standard InChI is InChI=1S/C16H20N2O2/c1-18-14-7-3-2-6-12(14)13(10-15(18)19)17-11-16(20)8-4-5-9-16/h2-3,6-7,10,17,20H,4-5,8-9,11H2,1H3. The SMILES string of the molecule is Cn1c(=O)cc(NCC2(O)CCCC2)c2ccccc21. The Bertz CT molecular complexity index is 684. The summed E-state index contributed by atoms with van der Waals surface area (Å²) in [4.78, 5) is 12.0. The Hall–Kier alpha value is -1.81. The molecule has 2 aromatic rings. The van der Waals surface area contributed by atoms with Crippen LogP contribution in [0.25, 0.3) is 10.9 Å². The topological polar surface area (TPSA) is 54.3 Å². The zero-order chi connectivity index (χ0) is 14.2. The zero-order valence-corrected chi connectivity index (χ0v) is 11.7. The molecule has 0 saturated heterocycles. The van der Waals surface area contributed by atoms with E-state index in [1.807, 2.05) is 24.3 Å². The van der Waals surface area contributed by atoms with Gasteiger partial charge in [0.05, 0.1) is 11.1 Å². The van der Waals surface area contributed by atoms with Gasteiger partial charge in [0.1, 0.15) is 0 Å². The molecular formula is C16H20N2O2. The average Bonchev–Trinajstić information content (AvgIpc) is 2.89. The van der Waals surface area contributed by atoms with Gasteiger partial charge >= 0.3 is 0 Å². The molecule has 1 aromatic carbocycles. The van der Waals surface area contributed by atoms with E-state index in [1.165, 1.54) is 0 Å². The van der Waals surface area contributed by atoms with Crippen LogP contribution >= 0.6 is 0 Å². The van der Waals surface area contributed by atoms with Crippen molar-refractivity contribution in [2.45, 2.75) is 31.3 Å². The number of anilines is 1. The van der Waals surface area contributed by atoms with E-state index in [0.29, 0.717) is 6.54 Å². The molecule has 1 aromatic heterocycles. The van der Waals surface area contributed by atoms with Crippen LogP contribution in [0.15, 0.2) is 35.1 Å². The Morgan fingerprint density at radius 3 is 2.75 bits per heavy atom. The predicted octanol–water partition coefficient (Wildman–Crippen LogP) is 2.26. The molecule has 4 nitrogen and oxygen atoms in total. The van der Waals surface area contributed by atoms with Crippen molar-refractivity contribution >= 4 is 16.6 Å². The molecule has 0 aliphatic heterocycles. The molecule has 0 spiro atoms. The third kappa shape index (κ3) is 2.31. The number of para-hydroxylation sites is 1. The van der Waals surface area contributed by atoms with Gasteiger partial charge in [-0.1, -0.05) is 31.0 Å². The summed E-state index contributed by atoms with van der Waals surface area (Å²) >= 11 is 0. The molecule has 20 heavy (non-hydrogen) atoms. The number of rotatable bonds is 3. The van der Waals surface area contributed by atoms with Crippen molar-refractivity contribution in [3.8, 4) is 0 Å². The molecule has 0 unspecified atom stereocenters. The second-order valence-corrected chi connectivity index (χ2v) is 5.76. The maximum absolute atomic E-state index is 12.0. The molecule has 1 fully saturated rings. The van der Waals surface area contributed by atoms with Crippen LogP contribution in [0.4, 0.5) is 5.69 Å². The quantitative estimate of drug-likeness (QED) is 0.901. The minimum atomic E-state index is -0.623. The number of hydrogen-bond donors (Lipinski definition) is 2. The highest BCUT2D eigenvalue weighted by Crippen LogP contribution is 2.30. The van der Waals surface area contributed by atoms with Crippen LogP contribution in [0.3, 0.4) is 0 Å². The fraction of sp³-hybridized carbons (Fsp3) is 0.438. The van der Waals surface area contributed by atoms with Crippen molar-refractivity contribution in [3.63, 3.8) is 0 Å². The molecule has 0 atom stereocenters. The van der Waals surface area contributed by atoms with Gasteiger partial charge in [-0.15, -0.1) is 0 Å². The molecule has 4 heteroatoms. The summed E-state index contributed by atoms with van der Waals surface area (Å²) in [6, 6.07) is 9.43. The molecule has 3 rings (SSSR count). The van der Waals surface area contributed by atoms with Gasteiger partial charge in [-0.2, -0.15) is 0 Å². The number of nitrogens with one attached hydrogen (secondary N) is 1. The number of aryl methyl sites for hydroxylation is 1. The lowest BCUT2D eigenvalue weighted by molar-refractivity contribution is 0.0615. The second kappa shape index (κ2) is 4.94. The van der Waals surface area contributed by atoms with Crippen molar-refractivity contribution in [3.05, 3.63) is 40.7 Å². The van der Waals surface area contributed by atoms with Gasteiger partial charge in [0, 0.05) is 30.7 Å². The molecule has 0 amide bonds. The lowest BCUT2D eigenvalue weighted by atomic mass is 10.0. The van der Waals surface area contributed by atoms with Crippen molar-refractivity contribution in [2.24, 2.45) is 7.05 Å². The fourth-order valence-corrected chi connectivity index (χ4v) is 3.03. The number of pyridine rings is 1. The average molecular weight is 272 g/mol. The van der Waals surface area contributed by atoms with Crippen LogP contribution < -0.4 is 10.9 Å². The van der Waals surface area contributed by atoms with Gasteiger partial charge in [0.2, 0.25) is 0 Å². The molecule has 1 aliphatic rings. The fourth-order valence-electron chi connectivity index (χ4n) is 3.03. The number of aromatic nitrogens is 1. The Morgan fingerprint density at radius 1 is 1.30 bits per heavy atom. The summed E-state index contributed by atoms with van der Waals surface area (Å²) in [6.07, 6.45) is 3.83. The zero-order valence-electron chi connectivity index (χ0n) is 11.7. The van der Waals surface area contributed by atoms with Crippen LogP contribution in [0, 0.1) is 0 Å². The van der Waals surface area contributed by atoms with Gasteiger partial charge in [-0.3, -0.25) is 4.79 Å². The number of nitrogens with zero attached hydrogens (tertiary/aromatic N) is 1. The van der Waals surface area contributed by atoms with E-state index in [0.717, 1.165) is 42.3 Å². The predicted molar refractivity (Wildman–Crippen MR) is 81.1 cm³/mol. The Morgan fingerprint density at radius 2 is 2.00 bits per heavy atom. The van der Waals surface area contributed by atoms with Crippen molar-refractivity contribution in [1.82, 2.24) is 4.57 Å². The molecule has 2 N–H and O–H groups in total. The van der Waals surface area contributed by atoms with E-state index in [4.69, 9.17) is 0 Å². The Balaban J connectivity index is 1.95. The first-order chi connectivity index (χ1) is 9.59. The van der Waals surface area contributed by atoms with Crippen LogP contribution in [0.2, 0.25) is 0 Å². The molecule has 0 bridgehead atoms. The van der Waals surface area contributed by atoms with Gasteiger partial charge in [-0.25, -0.2) is 0 Å². The van der Waals surface area contributed by atoms with Crippen molar-refractivity contribution in [2.75, 3.05) is 11.9 Å². The molecule has 1 aliphatic carbocycles. The second-order valence-electron chi connectivity index (χ2n) is 5.76. The van der Waals surface area contributed by atoms with E-state index in [9.17, 15) is 9.90 Å². The summed E-state index contributed by atoms with van der Waals surface area (Å²) in [6.45, 7) is 0.504. The van der Waals surface area contributed by atoms with E-state index >= 15 is 0 Å². The van der Waals surface area contributed by atoms with Crippen molar-refractivity contribution in [1.29, 1.82) is 0 Å². The van der Waals surface area contributed by atoms with Crippen LogP contribution in [-0.4, -0.2) is 21.8 Å². The molecular weight excluding hydrogens is 252 g/mol. The van der Waals surface area contributed by atoms with Gasteiger partial charge in [-0.05, 0) is 18.9 Å². The summed E-state index contributed by atoms with van der Waals surface area (Å²) in [5, 5.41) is 14.7. The smallest absolute Gasteiger partial charge is 0.252 e. The first-order valence-electron chi connectivity index (χ1n) is 7.14. The van der Waals surface area contributed by atoms with Crippen LogP contribution in [0.5, 0.6) is 0 Å². The van der Waals surface area contributed by atoms with Crippen LogP contribution in [0.1, 0.15) is 25.7 Å². The summed E-state index contributed by atoms with van der Waals surface area (Å²) in [5.41, 5.74) is 1.05. The molecule has 106 valence electrons. The third-order valence-electron chi connectivity index (χ3n) is 4.30. The molecule has 0 radical (unpaired) electrons. The normalized spacial score (nSPS) is 17.5. The third-order valence-corrected chi connectivity index (χ3v) is 4.30. The highest BCUT2D eigenvalue weighted by molar-refractivity contribution is 5.91. The number of benzene rings is 1. The molecule has 1 heterocycles. The Kier molecular flexibility index (Phi) is 3.26. The number of hydrogen-bond acceptors (Lipinski definition) is 3. The van der Waals surface area contributed by atoms with Gasteiger partial charge in [0.25, 0.3) is 5.56 Å². The summed E-state index contributed by atoms with van der Waals surface area (Å²) < 4.78 is 1.64. The minimum Gasteiger partial charge on any atom is -0.388 e. The van der Waals surface area contributed by atoms with E-state index in [2.05, 4.69) is 5.32 Å². The lowest BCUT2D eigenvalue weighted by Crippen LogP contribution is -2.34. The number of aliphatic hydroxyl groups is 1. The minimum absolute atomic E-state index is 0.0374. The first-order valence-corrected chi connectivity index (χ1v) is 7.14.